The molecule has 0 aromatic rings. The number of hydrogen-bond donors (Lipinski definition) is 2. The predicted octanol–water partition coefficient (Wildman–Crippen LogP) is 5.06. The first-order valence-corrected chi connectivity index (χ1v) is 7.46. The quantitative estimate of drug-likeness (QED) is 0.367. The first kappa shape index (κ1) is 28.9. The molecule has 0 spiro atoms. The van der Waals surface area contributed by atoms with Gasteiger partial charge in [0.05, 0.1) is 0 Å². The van der Waals surface area contributed by atoms with Gasteiger partial charge in [0.1, 0.15) is 0 Å². The van der Waals surface area contributed by atoms with E-state index in [1.54, 1.807) is 4.52 Å². The van der Waals surface area contributed by atoms with Gasteiger partial charge in [0.25, 0.3) is 0 Å². The van der Waals surface area contributed by atoms with Gasteiger partial charge in [-0.15, -0.1) is 0 Å². The van der Waals surface area contributed by atoms with Crippen LogP contribution >= 0.6 is 7.82 Å². The van der Waals surface area contributed by atoms with E-state index in [1.165, 1.54) is 0 Å². The Bertz CT molecular complexity index is 689. The second-order valence-corrected chi connectivity index (χ2v) is 6.21. The molecule has 0 aromatic carbocycles. The van der Waals surface area contributed by atoms with E-state index in [-0.39, 0.29) is 0 Å². The molecule has 0 amide bonds. The molecule has 0 aromatic heterocycles. The van der Waals surface area contributed by atoms with E-state index in [2.05, 4.69) is 0 Å². The molecule has 0 radical (unpaired) electrons. The molecule has 182 valence electrons. The smallest absolute Gasteiger partial charge is 0.303 e. The average molecular weight is 516 g/mol. The van der Waals surface area contributed by atoms with E-state index in [0.29, 0.717) is 0 Å². The van der Waals surface area contributed by atoms with E-state index in [9.17, 15) is 79.2 Å². The van der Waals surface area contributed by atoms with Crippen LogP contribution in [0.5, 0.6) is 0 Å². The minimum atomic E-state index is -8.85. The van der Waals surface area contributed by atoms with Crippen molar-refractivity contribution in [2.45, 2.75) is 47.8 Å². The normalized spacial score (nSPS) is 18.4. The summed E-state index contributed by atoms with van der Waals surface area (Å²) >= 11 is 0. The fourth-order valence-corrected chi connectivity index (χ4v) is 1.97. The Morgan fingerprint density at radius 2 is 0.733 bits per heavy atom. The van der Waals surface area contributed by atoms with Gasteiger partial charge in [0.15, 0.2) is 0 Å². The Morgan fingerprint density at radius 3 is 0.967 bits per heavy atom. The zero-order valence-corrected chi connectivity index (χ0v) is 13.5. The van der Waals surface area contributed by atoms with Crippen LogP contribution in [0.2, 0.25) is 0 Å². The molecule has 4 nitrogen and oxygen atoms in total. The molecule has 0 fully saturated rings. The van der Waals surface area contributed by atoms with Crippen molar-refractivity contribution >= 4 is 7.82 Å². The van der Waals surface area contributed by atoms with Crippen LogP contribution < -0.4 is 0 Å². The van der Waals surface area contributed by atoms with Gasteiger partial charge in [-0.05, 0) is 0 Å². The first-order chi connectivity index (χ1) is 12.5. The van der Waals surface area contributed by atoms with E-state index in [1.807, 2.05) is 0 Å². The molecule has 0 saturated carbocycles. The summed E-state index contributed by atoms with van der Waals surface area (Å²) in [5.74, 6) is -51.3. The lowest BCUT2D eigenvalue weighted by molar-refractivity contribution is -0.474. The molecule has 0 heterocycles. The molecular weight excluding hydrogens is 514 g/mol. The maximum atomic E-state index is 13.5. The van der Waals surface area contributed by atoms with Crippen molar-refractivity contribution < 1.29 is 93.5 Å². The zero-order chi connectivity index (χ0) is 25.2. The Kier molecular flexibility index (Phi) is 6.71. The summed E-state index contributed by atoms with van der Waals surface area (Å²) in [7, 11) is -7.37. The zero-order valence-electron chi connectivity index (χ0n) is 12.6. The summed E-state index contributed by atoms with van der Waals surface area (Å²) in [5.41, 5.74) is 0. The highest BCUT2D eigenvalue weighted by Crippen LogP contribution is 2.65. The molecular formula is C8H2F17O4P. The molecule has 1 atom stereocenters. The van der Waals surface area contributed by atoms with Crippen LogP contribution in [0.25, 0.3) is 0 Å². The number of phosphoric acid groups is 1. The van der Waals surface area contributed by atoms with Crippen molar-refractivity contribution in [2.24, 2.45) is 0 Å². The standard InChI is InChI=1S/C8H2F17O4P/c9-1(10,3(13,14)5(17,18)7(20,21)22)2(11,12)4(15,16)6(19,8(23,24)25)29-30(26,27)28/h(H2,26,27,28). The van der Waals surface area contributed by atoms with Gasteiger partial charge in [-0.1, -0.05) is 0 Å². The lowest BCUT2D eigenvalue weighted by Gasteiger charge is -2.43. The minimum Gasteiger partial charge on any atom is -0.303 e. The highest BCUT2D eigenvalue weighted by Gasteiger charge is 2.96. The van der Waals surface area contributed by atoms with E-state index < -0.39 is 55.6 Å². The average Bonchev–Trinajstić information content (AvgIpc) is 2.41. The van der Waals surface area contributed by atoms with Gasteiger partial charge < -0.3 is 9.79 Å². The molecule has 0 rings (SSSR count). The summed E-state index contributed by atoms with van der Waals surface area (Å²) in [6.45, 7) is 0. The van der Waals surface area contributed by atoms with Gasteiger partial charge in [-0.3, -0.25) is 0 Å². The minimum absolute atomic E-state index is 1.66. The fourth-order valence-electron chi connectivity index (χ4n) is 1.42. The van der Waals surface area contributed by atoms with Gasteiger partial charge in [0, 0.05) is 0 Å². The van der Waals surface area contributed by atoms with Crippen LogP contribution in [0.15, 0.2) is 0 Å². The Labute approximate surface area is 150 Å². The van der Waals surface area contributed by atoms with E-state index >= 15 is 0 Å². The van der Waals surface area contributed by atoms with Crippen LogP contribution in [-0.2, 0) is 9.09 Å². The van der Waals surface area contributed by atoms with E-state index in [0.717, 1.165) is 0 Å². The van der Waals surface area contributed by atoms with Crippen LogP contribution in [0.3, 0.4) is 0 Å². The third kappa shape index (κ3) is 3.92. The van der Waals surface area contributed by atoms with Crippen molar-refractivity contribution in [2.75, 3.05) is 0 Å². The molecule has 30 heavy (non-hydrogen) atoms. The Hall–Kier alpha value is -1.08. The van der Waals surface area contributed by atoms with Crippen LogP contribution in [0.4, 0.5) is 74.6 Å². The number of alkyl halides is 17. The number of phosphoric ester groups is 1. The third-order valence-electron chi connectivity index (χ3n) is 2.95. The van der Waals surface area contributed by atoms with Crippen molar-refractivity contribution in [3.8, 4) is 0 Å². The summed E-state index contributed by atoms with van der Waals surface area (Å²) < 4.78 is 228. The SMILES string of the molecule is O=P(O)(O)OC(F)(C(F)(F)F)C(F)(F)C(F)(F)C(F)(F)C(F)(F)C(F)(F)C(F)(F)F. The largest absolute Gasteiger partial charge is 0.472 e. The summed E-state index contributed by atoms with van der Waals surface area (Å²) in [4.78, 5) is 15.8. The maximum Gasteiger partial charge on any atom is 0.472 e. The van der Waals surface area contributed by atoms with Crippen molar-refractivity contribution in [3.05, 3.63) is 0 Å². The second-order valence-electron chi connectivity index (χ2n) is 5.04. The second kappa shape index (κ2) is 6.96. The molecule has 22 heteroatoms. The number of halogens is 17. The predicted molar refractivity (Wildman–Crippen MR) is 53.8 cm³/mol. The monoisotopic (exact) mass is 516 g/mol. The van der Waals surface area contributed by atoms with Crippen LogP contribution in [0.1, 0.15) is 0 Å². The van der Waals surface area contributed by atoms with Gasteiger partial charge in [-0.25, -0.2) is 9.09 Å². The molecule has 2 N–H and O–H groups in total. The van der Waals surface area contributed by atoms with Crippen molar-refractivity contribution in [1.82, 2.24) is 0 Å². The highest BCUT2D eigenvalue weighted by molar-refractivity contribution is 7.46. The fraction of sp³-hybridized carbons (Fsp3) is 1.00. The lowest BCUT2D eigenvalue weighted by atomic mass is 9.90. The molecule has 0 aliphatic rings. The molecule has 0 bridgehead atoms. The summed E-state index contributed by atoms with van der Waals surface area (Å²) in [6, 6.07) is 0. The Morgan fingerprint density at radius 1 is 0.467 bits per heavy atom. The van der Waals surface area contributed by atoms with Crippen molar-refractivity contribution in [3.63, 3.8) is 0 Å². The summed E-state index contributed by atoms with van der Waals surface area (Å²) in [5, 5.41) is 0. The Balaban J connectivity index is 6.98. The van der Waals surface area contributed by atoms with Gasteiger partial charge in [0.2, 0.25) is 0 Å². The molecule has 0 aliphatic heterocycles. The maximum absolute atomic E-state index is 13.5. The summed E-state index contributed by atoms with van der Waals surface area (Å²) in [6.07, 6.45) is -15.8. The number of hydrogen-bond acceptors (Lipinski definition) is 2. The third-order valence-corrected chi connectivity index (χ3v) is 3.44. The van der Waals surface area contributed by atoms with Gasteiger partial charge in [-0.2, -0.15) is 74.6 Å². The topological polar surface area (TPSA) is 66.8 Å². The first-order valence-electron chi connectivity index (χ1n) is 5.93. The van der Waals surface area contributed by atoms with Crippen LogP contribution in [0, 0.1) is 0 Å². The lowest BCUT2D eigenvalue weighted by Crippen LogP contribution is -2.75. The molecule has 0 aliphatic carbocycles. The number of rotatable bonds is 7. The molecule has 0 saturated heterocycles. The van der Waals surface area contributed by atoms with E-state index in [4.69, 9.17) is 9.79 Å². The highest BCUT2D eigenvalue weighted by atomic mass is 31.2. The van der Waals surface area contributed by atoms with Crippen molar-refractivity contribution in [1.29, 1.82) is 0 Å². The van der Waals surface area contributed by atoms with Crippen LogP contribution in [-0.4, -0.2) is 57.6 Å². The molecule has 1 unspecified atom stereocenters. The van der Waals surface area contributed by atoms with Gasteiger partial charge >= 0.3 is 55.6 Å².